The van der Waals surface area contributed by atoms with Crippen LogP contribution in [0.2, 0.25) is 0 Å². The van der Waals surface area contributed by atoms with Crippen LogP contribution >= 0.6 is 0 Å². The van der Waals surface area contributed by atoms with Crippen molar-refractivity contribution in [2.24, 2.45) is 0 Å². The lowest BCUT2D eigenvalue weighted by molar-refractivity contribution is 0.0709. The standard InChI is InChI=1S/C14H13N5O2/c20-14(10-3-4-11-6-15-9-18(11)7-10)19-5-1-2-12(19)13-16-8-17-21-13/h3-4,6-9,12H,1-2,5H2/t12-/m1/s1. The lowest BCUT2D eigenvalue weighted by Gasteiger charge is -2.21. The maximum Gasteiger partial charge on any atom is 0.256 e. The maximum atomic E-state index is 12.7. The Morgan fingerprint density at radius 1 is 1.38 bits per heavy atom. The number of carbonyl (C=O) groups is 1. The quantitative estimate of drug-likeness (QED) is 0.715. The molecule has 7 heteroatoms. The summed E-state index contributed by atoms with van der Waals surface area (Å²) in [7, 11) is 0. The van der Waals surface area contributed by atoms with E-state index < -0.39 is 0 Å². The van der Waals surface area contributed by atoms with Gasteiger partial charge in [0.2, 0.25) is 5.89 Å². The van der Waals surface area contributed by atoms with Crippen LogP contribution < -0.4 is 0 Å². The van der Waals surface area contributed by atoms with E-state index in [0.29, 0.717) is 18.0 Å². The number of hydrogen-bond acceptors (Lipinski definition) is 5. The molecule has 1 amide bonds. The Kier molecular flexibility index (Phi) is 2.70. The first-order chi connectivity index (χ1) is 10.3. The van der Waals surface area contributed by atoms with Gasteiger partial charge in [-0.05, 0) is 25.0 Å². The van der Waals surface area contributed by atoms with Crippen LogP contribution in [0.25, 0.3) is 5.52 Å². The van der Waals surface area contributed by atoms with Gasteiger partial charge in [0.1, 0.15) is 6.04 Å². The Morgan fingerprint density at radius 2 is 2.33 bits per heavy atom. The third-order valence-electron chi connectivity index (χ3n) is 3.83. The summed E-state index contributed by atoms with van der Waals surface area (Å²) in [6.07, 6.45) is 8.39. The molecular weight excluding hydrogens is 270 g/mol. The SMILES string of the molecule is O=C(c1ccc2cncn2c1)N1CCC[C@@H]1c1ncno1. The van der Waals surface area contributed by atoms with Gasteiger partial charge in [0, 0.05) is 12.7 Å². The second kappa shape index (κ2) is 4.69. The zero-order valence-electron chi connectivity index (χ0n) is 11.2. The molecule has 0 bridgehead atoms. The number of likely N-dealkylation sites (tertiary alicyclic amines) is 1. The van der Waals surface area contributed by atoms with Crippen LogP contribution in [0.5, 0.6) is 0 Å². The molecule has 0 spiro atoms. The van der Waals surface area contributed by atoms with E-state index in [1.807, 2.05) is 16.5 Å². The topological polar surface area (TPSA) is 76.5 Å². The van der Waals surface area contributed by atoms with Crippen LogP contribution in [-0.2, 0) is 0 Å². The van der Waals surface area contributed by atoms with Crippen molar-refractivity contribution in [2.75, 3.05) is 6.54 Å². The minimum Gasteiger partial charge on any atom is -0.337 e. The van der Waals surface area contributed by atoms with E-state index in [4.69, 9.17) is 4.52 Å². The lowest BCUT2D eigenvalue weighted by Crippen LogP contribution is -2.30. The summed E-state index contributed by atoms with van der Waals surface area (Å²) >= 11 is 0. The fourth-order valence-electron chi connectivity index (χ4n) is 2.81. The summed E-state index contributed by atoms with van der Waals surface area (Å²) in [5.74, 6) is 0.482. The molecule has 3 aromatic heterocycles. The van der Waals surface area contributed by atoms with Crippen molar-refractivity contribution in [3.05, 3.63) is 48.6 Å². The van der Waals surface area contributed by atoms with Gasteiger partial charge < -0.3 is 13.8 Å². The highest BCUT2D eigenvalue weighted by molar-refractivity contribution is 5.94. The predicted molar refractivity (Wildman–Crippen MR) is 72.5 cm³/mol. The predicted octanol–water partition coefficient (Wildman–Crippen LogP) is 1.69. The second-order valence-corrected chi connectivity index (χ2v) is 5.08. The van der Waals surface area contributed by atoms with Crippen LogP contribution in [0.15, 0.2) is 41.7 Å². The molecule has 0 unspecified atom stereocenters. The molecule has 0 aromatic carbocycles. The highest BCUT2D eigenvalue weighted by Gasteiger charge is 2.34. The number of imidazole rings is 1. The van der Waals surface area contributed by atoms with Crippen LogP contribution in [0.3, 0.4) is 0 Å². The summed E-state index contributed by atoms with van der Waals surface area (Å²) < 4.78 is 6.96. The molecule has 1 saturated heterocycles. The van der Waals surface area contributed by atoms with E-state index in [1.165, 1.54) is 6.33 Å². The number of aromatic nitrogens is 4. The van der Waals surface area contributed by atoms with Crippen molar-refractivity contribution in [2.45, 2.75) is 18.9 Å². The largest absolute Gasteiger partial charge is 0.337 e. The highest BCUT2D eigenvalue weighted by atomic mass is 16.5. The van der Waals surface area contributed by atoms with Gasteiger partial charge in [-0.3, -0.25) is 4.79 Å². The summed E-state index contributed by atoms with van der Waals surface area (Å²) in [4.78, 5) is 22.7. The van der Waals surface area contributed by atoms with Crippen LogP contribution in [0.1, 0.15) is 35.1 Å². The van der Waals surface area contributed by atoms with Crippen molar-refractivity contribution >= 4 is 11.4 Å². The maximum absolute atomic E-state index is 12.7. The molecule has 0 N–H and O–H groups in total. The first-order valence-electron chi connectivity index (χ1n) is 6.82. The summed E-state index contributed by atoms with van der Waals surface area (Å²) in [6, 6.07) is 3.58. The molecule has 1 aliphatic heterocycles. The summed E-state index contributed by atoms with van der Waals surface area (Å²) in [5, 5.41) is 3.63. The van der Waals surface area contributed by atoms with E-state index in [-0.39, 0.29) is 11.9 Å². The van der Waals surface area contributed by atoms with Crippen LogP contribution in [0, 0.1) is 0 Å². The van der Waals surface area contributed by atoms with Gasteiger partial charge in [-0.1, -0.05) is 5.16 Å². The normalized spacial score (nSPS) is 18.5. The monoisotopic (exact) mass is 283 g/mol. The van der Waals surface area contributed by atoms with Gasteiger partial charge in [-0.25, -0.2) is 4.98 Å². The molecule has 0 aliphatic carbocycles. The van der Waals surface area contributed by atoms with Gasteiger partial charge in [0.05, 0.1) is 23.6 Å². The van der Waals surface area contributed by atoms with Crippen molar-refractivity contribution in [3.63, 3.8) is 0 Å². The zero-order chi connectivity index (χ0) is 14.2. The smallest absolute Gasteiger partial charge is 0.256 e. The van der Waals surface area contributed by atoms with Gasteiger partial charge in [-0.15, -0.1) is 0 Å². The Bertz CT molecular complexity index is 780. The van der Waals surface area contributed by atoms with Crippen molar-refractivity contribution < 1.29 is 9.32 Å². The highest BCUT2D eigenvalue weighted by Crippen LogP contribution is 2.31. The minimum absolute atomic E-state index is 0.0219. The number of fused-ring (bicyclic) bond motifs is 1. The Labute approximate surface area is 120 Å². The number of pyridine rings is 1. The molecule has 3 aromatic rings. The molecule has 1 atom stereocenters. The minimum atomic E-state index is -0.126. The third kappa shape index (κ3) is 1.97. The molecule has 106 valence electrons. The van der Waals surface area contributed by atoms with E-state index in [0.717, 1.165) is 18.4 Å². The zero-order valence-corrected chi connectivity index (χ0v) is 11.2. The van der Waals surface area contributed by atoms with Crippen LogP contribution in [0.4, 0.5) is 0 Å². The number of rotatable bonds is 2. The molecule has 4 heterocycles. The third-order valence-corrected chi connectivity index (χ3v) is 3.83. The van der Waals surface area contributed by atoms with Crippen LogP contribution in [-0.4, -0.2) is 36.9 Å². The van der Waals surface area contributed by atoms with Crippen molar-refractivity contribution in [1.29, 1.82) is 0 Å². The van der Waals surface area contributed by atoms with Gasteiger partial charge in [0.15, 0.2) is 6.33 Å². The van der Waals surface area contributed by atoms with E-state index in [2.05, 4.69) is 15.1 Å². The van der Waals surface area contributed by atoms with Crippen molar-refractivity contribution in [1.82, 2.24) is 24.4 Å². The fraction of sp³-hybridized carbons (Fsp3) is 0.286. The van der Waals surface area contributed by atoms with Gasteiger partial charge >= 0.3 is 0 Å². The number of nitrogens with zero attached hydrogens (tertiary/aromatic N) is 5. The van der Waals surface area contributed by atoms with Gasteiger partial charge in [0.25, 0.3) is 5.91 Å². The lowest BCUT2D eigenvalue weighted by atomic mass is 10.2. The summed E-state index contributed by atoms with van der Waals surface area (Å²) in [5.41, 5.74) is 1.59. The number of amides is 1. The fourth-order valence-corrected chi connectivity index (χ4v) is 2.81. The first-order valence-corrected chi connectivity index (χ1v) is 6.82. The van der Waals surface area contributed by atoms with Crippen molar-refractivity contribution in [3.8, 4) is 0 Å². The average Bonchev–Trinajstić information content (AvgIpc) is 3.24. The van der Waals surface area contributed by atoms with E-state index in [1.54, 1.807) is 23.6 Å². The molecule has 7 nitrogen and oxygen atoms in total. The molecule has 1 fully saturated rings. The first kappa shape index (κ1) is 12.1. The average molecular weight is 283 g/mol. The Morgan fingerprint density at radius 3 is 3.19 bits per heavy atom. The molecule has 21 heavy (non-hydrogen) atoms. The number of hydrogen-bond donors (Lipinski definition) is 0. The van der Waals surface area contributed by atoms with E-state index in [9.17, 15) is 4.79 Å². The van der Waals surface area contributed by atoms with E-state index >= 15 is 0 Å². The second-order valence-electron chi connectivity index (χ2n) is 5.08. The van der Waals surface area contributed by atoms with Gasteiger partial charge in [-0.2, -0.15) is 4.98 Å². The molecular formula is C14H13N5O2. The summed E-state index contributed by atoms with van der Waals surface area (Å²) in [6.45, 7) is 0.702. The Balaban J connectivity index is 1.66. The Hall–Kier alpha value is -2.70. The molecule has 1 aliphatic rings. The molecule has 4 rings (SSSR count). The molecule has 0 radical (unpaired) electrons. The molecule has 0 saturated carbocycles. The number of carbonyl (C=O) groups excluding carboxylic acids is 1.